The van der Waals surface area contributed by atoms with Crippen LogP contribution in [0.25, 0.3) is 0 Å². The van der Waals surface area contributed by atoms with Gasteiger partial charge in [0.1, 0.15) is 12.2 Å². The Morgan fingerprint density at radius 3 is 2.50 bits per heavy atom. The number of nitrogens with zero attached hydrogens (tertiary/aromatic N) is 6. The summed E-state index contributed by atoms with van der Waals surface area (Å²) in [4.78, 5) is 13.4. The molecule has 1 N–H and O–H groups in total. The van der Waals surface area contributed by atoms with E-state index in [1.807, 2.05) is 14.1 Å². The predicted molar refractivity (Wildman–Crippen MR) is 99.5 cm³/mol. The van der Waals surface area contributed by atoms with Gasteiger partial charge in [0.25, 0.3) is 0 Å². The van der Waals surface area contributed by atoms with E-state index in [0.717, 1.165) is 43.9 Å². The van der Waals surface area contributed by atoms with Crippen molar-refractivity contribution in [1.29, 1.82) is 0 Å². The van der Waals surface area contributed by atoms with Gasteiger partial charge in [-0.15, -0.1) is 24.0 Å². The minimum atomic E-state index is 0. The normalized spacial score (nSPS) is 16.8. The first kappa shape index (κ1) is 19.1. The van der Waals surface area contributed by atoms with Gasteiger partial charge >= 0.3 is 0 Å². The summed E-state index contributed by atoms with van der Waals surface area (Å²) < 4.78 is 1.78. The third kappa shape index (κ3) is 5.38. The van der Waals surface area contributed by atoms with Crippen LogP contribution in [-0.2, 0) is 13.6 Å². The maximum absolute atomic E-state index is 4.38. The molecule has 0 unspecified atom stereocenters. The SMILES string of the molecule is CN=C(NCc1ncnn1C)N1CCN(CC(C)C)CC1.I. The van der Waals surface area contributed by atoms with E-state index in [1.54, 1.807) is 11.0 Å². The molecule has 0 spiro atoms. The molecule has 0 bridgehead atoms. The topological polar surface area (TPSA) is 61.6 Å². The van der Waals surface area contributed by atoms with Gasteiger partial charge in [-0.05, 0) is 5.92 Å². The Labute approximate surface area is 150 Å². The minimum absolute atomic E-state index is 0. The van der Waals surface area contributed by atoms with Crippen LogP contribution in [0.2, 0.25) is 0 Å². The van der Waals surface area contributed by atoms with Crippen LogP contribution in [0.15, 0.2) is 11.3 Å². The molecule has 1 aliphatic rings. The van der Waals surface area contributed by atoms with E-state index in [4.69, 9.17) is 0 Å². The van der Waals surface area contributed by atoms with E-state index >= 15 is 0 Å². The Balaban J connectivity index is 0.00000242. The first-order chi connectivity index (χ1) is 10.1. The molecule has 22 heavy (non-hydrogen) atoms. The highest BCUT2D eigenvalue weighted by Gasteiger charge is 2.20. The van der Waals surface area contributed by atoms with E-state index in [1.165, 1.54) is 6.54 Å². The fourth-order valence-electron chi connectivity index (χ4n) is 2.63. The third-order valence-corrected chi connectivity index (χ3v) is 3.72. The van der Waals surface area contributed by atoms with Crippen molar-refractivity contribution in [2.24, 2.45) is 18.0 Å². The maximum atomic E-state index is 4.38. The highest BCUT2D eigenvalue weighted by atomic mass is 127. The zero-order valence-electron chi connectivity index (χ0n) is 14.0. The van der Waals surface area contributed by atoms with Gasteiger partial charge in [-0.1, -0.05) is 13.8 Å². The first-order valence-corrected chi connectivity index (χ1v) is 7.61. The van der Waals surface area contributed by atoms with Gasteiger partial charge in [-0.2, -0.15) is 5.10 Å². The summed E-state index contributed by atoms with van der Waals surface area (Å²) >= 11 is 0. The Morgan fingerprint density at radius 2 is 2.00 bits per heavy atom. The van der Waals surface area contributed by atoms with Crippen LogP contribution in [0.3, 0.4) is 0 Å². The standard InChI is InChI=1S/C14H27N7.HI/c1-12(2)10-20-5-7-21(8-6-20)14(15-3)16-9-13-17-11-18-19(13)4;/h11-12H,5-10H2,1-4H3,(H,15,16);1H. The van der Waals surface area contributed by atoms with E-state index in [-0.39, 0.29) is 24.0 Å². The molecule has 0 aliphatic carbocycles. The summed E-state index contributed by atoms with van der Waals surface area (Å²) in [6, 6.07) is 0. The number of nitrogens with one attached hydrogen (secondary N) is 1. The number of halogens is 1. The highest BCUT2D eigenvalue weighted by Crippen LogP contribution is 2.05. The lowest BCUT2D eigenvalue weighted by Crippen LogP contribution is -2.52. The molecule has 8 heteroatoms. The van der Waals surface area contributed by atoms with Gasteiger partial charge in [0, 0.05) is 46.8 Å². The summed E-state index contributed by atoms with van der Waals surface area (Å²) in [5, 5.41) is 7.45. The first-order valence-electron chi connectivity index (χ1n) is 7.61. The fraction of sp³-hybridized carbons (Fsp3) is 0.786. The zero-order chi connectivity index (χ0) is 15.2. The summed E-state index contributed by atoms with van der Waals surface area (Å²) in [5.74, 6) is 2.58. The second-order valence-corrected chi connectivity index (χ2v) is 5.88. The van der Waals surface area contributed by atoms with Crippen LogP contribution >= 0.6 is 24.0 Å². The Hall–Kier alpha value is -0.900. The number of piperazine rings is 1. The fourth-order valence-corrected chi connectivity index (χ4v) is 2.63. The molecule has 2 heterocycles. The molecular weight excluding hydrogens is 393 g/mol. The van der Waals surface area contributed by atoms with Gasteiger partial charge in [0.2, 0.25) is 0 Å². The monoisotopic (exact) mass is 421 g/mol. The summed E-state index contributed by atoms with van der Waals surface area (Å²) in [5.41, 5.74) is 0. The van der Waals surface area contributed by atoms with Crippen LogP contribution < -0.4 is 5.32 Å². The van der Waals surface area contributed by atoms with E-state index in [2.05, 4.69) is 44.0 Å². The lowest BCUT2D eigenvalue weighted by Gasteiger charge is -2.37. The van der Waals surface area contributed by atoms with Gasteiger partial charge in [0.15, 0.2) is 5.96 Å². The summed E-state index contributed by atoms with van der Waals surface area (Å²) in [6.45, 7) is 10.6. The molecule has 0 atom stereocenters. The zero-order valence-corrected chi connectivity index (χ0v) is 16.3. The van der Waals surface area contributed by atoms with Gasteiger partial charge in [-0.25, -0.2) is 4.98 Å². The Bertz CT molecular complexity index is 464. The third-order valence-electron chi connectivity index (χ3n) is 3.72. The molecule has 0 radical (unpaired) electrons. The molecule has 0 saturated carbocycles. The van der Waals surface area contributed by atoms with Crippen LogP contribution in [0.1, 0.15) is 19.7 Å². The van der Waals surface area contributed by atoms with E-state index < -0.39 is 0 Å². The molecule has 0 amide bonds. The van der Waals surface area contributed by atoms with Crippen molar-refractivity contribution in [2.75, 3.05) is 39.8 Å². The number of hydrogen-bond donors (Lipinski definition) is 1. The van der Waals surface area contributed by atoms with Crippen molar-refractivity contribution >= 4 is 29.9 Å². The summed E-state index contributed by atoms with van der Waals surface area (Å²) in [6.07, 6.45) is 1.57. The molecule has 1 fully saturated rings. The highest BCUT2D eigenvalue weighted by molar-refractivity contribution is 14.0. The average molecular weight is 421 g/mol. The van der Waals surface area contributed by atoms with E-state index in [0.29, 0.717) is 6.54 Å². The van der Waals surface area contributed by atoms with Gasteiger partial charge < -0.3 is 10.2 Å². The Kier molecular flexibility index (Phi) is 8.08. The lowest BCUT2D eigenvalue weighted by molar-refractivity contribution is 0.164. The second-order valence-electron chi connectivity index (χ2n) is 5.88. The minimum Gasteiger partial charge on any atom is -0.349 e. The molecule has 2 rings (SSSR count). The number of aliphatic imine (C=N–C) groups is 1. The van der Waals surface area contributed by atoms with Crippen molar-refractivity contribution in [3.63, 3.8) is 0 Å². The molecule has 1 aromatic rings. The largest absolute Gasteiger partial charge is 0.349 e. The smallest absolute Gasteiger partial charge is 0.194 e. The van der Waals surface area contributed by atoms with Crippen molar-refractivity contribution in [2.45, 2.75) is 20.4 Å². The molecule has 1 saturated heterocycles. The van der Waals surface area contributed by atoms with Crippen LogP contribution in [0.5, 0.6) is 0 Å². The van der Waals surface area contributed by atoms with Crippen molar-refractivity contribution in [3.8, 4) is 0 Å². The van der Waals surface area contributed by atoms with E-state index in [9.17, 15) is 0 Å². The number of rotatable bonds is 4. The van der Waals surface area contributed by atoms with Crippen molar-refractivity contribution in [1.82, 2.24) is 29.9 Å². The van der Waals surface area contributed by atoms with Gasteiger partial charge in [-0.3, -0.25) is 14.6 Å². The molecule has 126 valence electrons. The van der Waals surface area contributed by atoms with Crippen molar-refractivity contribution in [3.05, 3.63) is 12.2 Å². The molecular formula is C14H28IN7. The number of aryl methyl sites for hydroxylation is 1. The van der Waals surface area contributed by atoms with Crippen molar-refractivity contribution < 1.29 is 0 Å². The quantitative estimate of drug-likeness (QED) is 0.443. The average Bonchev–Trinajstić information content (AvgIpc) is 2.86. The number of hydrogen-bond acceptors (Lipinski definition) is 4. The second kappa shape index (κ2) is 9.29. The molecule has 1 aliphatic heterocycles. The van der Waals surface area contributed by atoms with Crippen LogP contribution in [0, 0.1) is 5.92 Å². The summed E-state index contributed by atoms with van der Waals surface area (Å²) in [7, 11) is 3.73. The maximum Gasteiger partial charge on any atom is 0.194 e. The number of aromatic nitrogens is 3. The van der Waals surface area contributed by atoms with Crippen LogP contribution in [-0.4, -0.2) is 70.3 Å². The van der Waals surface area contributed by atoms with Gasteiger partial charge in [0.05, 0.1) is 6.54 Å². The number of guanidine groups is 1. The molecule has 7 nitrogen and oxygen atoms in total. The molecule has 0 aromatic carbocycles. The lowest BCUT2D eigenvalue weighted by atomic mass is 10.2. The molecule has 1 aromatic heterocycles. The Morgan fingerprint density at radius 1 is 1.32 bits per heavy atom. The van der Waals surface area contributed by atoms with Crippen LogP contribution in [0.4, 0.5) is 0 Å². The predicted octanol–water partition coefficient (Wildman–Crippen LogP) is 0.782.